The molecule has 4 rings (SSSR count). The Hall–Kier alpha value is -3.11. The summed E-state index contributed by atoms with van der Waals surface area (Å²) in [6.07, 6.45) is -0.437. The highest BCUT2D eigenvalue weighted by atomic mass is 19.4. The molecule has 39 heavy (non-hydrogen) atoms. The number of amides is 1. The number of anilines is 2. The molecule has 2 aromatic rings. The lowest BCUT2D eigenvalue weighted by Gasteiger charge is -2.38. The molecule has 2 heterocycles. The van der Waals surface area contributed by atoms with Gasteiger partial charge in [-0.15, -0.1) is 0 Å². The van der Waals surface area contributed by atoms with E-state index in [-0.39, 0.29) is 54.6 Å². The van der Waals surface area contributed by atoms with Crippen LogP contribution in [-0.4, -0.2) is 45.6 Å². The lowest BCUT2D eigenvalue weighted by molar-refractivity contribution is -0.138. The van der Waals surface area contributed by atoms with Gasteiger partial charge in [0.25, 0.3) is 11.8 Å². The van der Waals surface area contributed by atoms with E-state index in [9.17, 15) is 31.5 Å². The number of nitrogens with one attached hydrogen (secondary N) is 1. The number of carbonyl (C=O) groups excluding carboxylic acids is 2. The molecule has 1 aliphatic heterocycles. The number of Topliss-reactive ketones (excluding diaryl/α,β-unsaturated/α-hetero) is 1. The van der Waals surface area contributed by atoms with Crippen molar-refractivity contribution in [3.05, 3.63) is 47.3 Å². The van der Waals surface area contributed by atoms with Gasteiger partial charge in [-0.05, 0) is 55.4 Å². The largest absolute Gasteiger partial charge is 0.419 e. The SMILES string of the molecule is C.CC[C@@H](C)CC(=O)[C@H]1CCC[C@H]1Cc1nc(Nc2ccc(C(=O)N3CC(F)(F)C3)cc2)ncc1C(F)(F)F. The van der Waals surface area contributed by atoms with E-state index in [1.807, 2.05) is 13.8 Å². The summed E-state index contributed by atoms with van der Waals surface area (Å²) in [7, 11) is 0. The smallest absolute Gasteiger partial charge is 0.326 e. The summed E-state index contributed by atoms with van der Waals surface area (Å²) < 4.78 is 67.4. The second-order valence-corrected chi connectivity index (χ2v) is 10.5. The van der Waals surface area contributed by atoms with Crippen molar-refractivity contribution in [2.24, 2.45) is 17.8 Å². The van der Waals surface area contributed by atoms with Crippen molar-refractivity contribution in [2.75, 3.05) is 18.4 Å². The molecule has 1 N–H and O–H groups in total. The van der Waals surface area contributed by atoms with E-state index in [2.05, 4.69) is 15.3 Å². The Morgan fingerprint density at radius 3 is 2.41 bits per heavy atom. The van der Waals surface area contributed by atoms with Gasteiger partial charge in [-0.2, -0.15) is 13.2 Å². The highest BCUT2D eigenvalue weighted by molar-refractivity contribution is 5.95. The number of benzene rings is 1. The number of halogens is 5. The van der Waals surface area contributed by atoms with Gasteiger partial charge >= 0.3 is 6.18 Å². The van der Waals surface area contributed by atoms with Crippen molar-refractivity contribution in [1.29, 1.82) is 0 Å². The summed E-state index contributed by atoms with van der Waals surface area (Å²) in [6.45, 7) is 2.75. The number of aromatic nitrogens is 2. The Bertz CT molecular complexity index is 1160. The number of hydrogen-bond donors (Lipinski definition) is 1. The normalized spacial score (nSPS) is 21.1. The third-order valence-corrected chi connectivity index (χ3v) is 7.47. The molecule has 1 saturated carbocycles. The van der Waals surface area contributed by atoms with Gasteiger partial charge in [0.1, 0.15) is 5.78 Å². The minimum absolute atomic E-state index is 0. The van der Waals surface area contributed by atoms with Crippen molar-refractivity contribution >= 4 is 23.3 Å². The molecule has 1 aromatic carbocycles. The lowest BCUT2D eigenvalue weighted by atomic mass is 9.84. The van der Waals surface area contributed by atoms with Gasteiger partial charge < -0.3 is 10.2 Å². The van der Waals surface area contributed by atoms with Crippen molar-refractivity contribution in [3.63, 3.8) is 0 Å². The number of nitrogens with zero attached hydrogens (tertiary/aromatic N) is 3. The quantitative estimate of drug-likeness (QED) is 0.340. The van der Waals surface area contributed by atoms with Gasteiger partial charge in [0.2, 0.25) is 5.95 Å². The average Bonchev–Trinajstić information content (AvgIpc) is 3.30. The van der Waals surface area contributed by atoms with Crippen LogP contribution in [0.2, 0.25) is 0 Å². The van der Waals surface area contributed by atoms with E-state index in [1.54, 1.807) is 0 Å². The standard InChI is InChI=1S/C27H31F5N4O2.CH4/c1-3-16(2)11-23(37)20-6-4-5-18(20)12-22-21(27(30,31)32)13-33-25(35-22)34-19-9-7-17(8-10-19)24(38)36-14-26(28,29)15-36;/h7-10,13,16,18,20H,3-6,11-12,14-15H2,1-2H3,(H,33,34,35);1H4/t16-,18+,20+;/m1./s1. The second-order valence-electron chi connectivity index (χ2n) is 10.5. The maximum atomic E-state index is 13.8. The van der Waals surface area contributed by atoms with Crippen LogP contribution in [0.1, 0.15) is 75.0 Å². The number of ketones is 1. The van der Waals surface area contributed by atoms with E-state index in [4.69, 9.17) is 0 Å². The minimum Gasteiger partial charge on any atom is -0.326 e. The van der Waals surface area contributed by atoms with Crippen LogP contribution in [0.4, 0.5) is 33.6 Å². The fraction of sp³-hybridized carbons (Fsp3) is 0.571. The number of rotatable bonds is 9. The molecule has 3 atom stereocenters. The van der Waals surface area contributed by atoms with Crippen molar-refractivity contribution in [1.82, 2.24) is 14.9 Å². The molecule has 1 amide bonds. The Kier molecular flexibility index (Phi) is 9.33. The summed E-state index contributed by atoms with van der Waals surface area (Å²) in [4.78, 5) is 34.2. The summed E-state index contributed by atoms with van der Waals surface area (Å²) in [5.74, 6) is -3.58. The first-order valence-corrected chi connectivity index (χ1v) is 12.9. The molecule has 11 heteroatoms. The van der Waals surface area contributed by atoms with Crippen molar-refractivity contribution in [3.8, 4) is 0 Å². The first-order valence-electron chi connectivity index (χ1n) is 12.9. The first kappa shape index (κ1) is 30.4. The number of likely N-dealkylation sites (tertiary alicyclic amines) is 1. The molecule has 2 fully saturated rings. The van der Waals surface area contributed by atoms with Gasteiger partial charge in [0.05, 0.1) is 24.3 Å². The maximum Gasteiger partial charge on any atom is 0.419 e. The topological polar surface area (TPSA) is 75.2 Å². The molecule has 0 unspecified atom stereocenters. The van der Waals surface area contributed by atoms with Gasteiger partial charge in [-0.1, -0.05) is 34.1 Å². The molecule has 1 aliphatic carbocycles. The molecule has 6 nitrogen and oxygen atoms in total. The third kappa shape index (κ3) is 7.30. The zero-order valence-electron chi connectivity index (χ0n) is 21.3. The maximum absolute atomic E-state index is 13.8. The molecule has 214 valence electrons. The van der Waals surface area contributed by atoms with Gasteiger partial charge in [-0.3, -0.25) is 9.59 Å². The van der Waals surface area contributed by atoms with Crippen LogP contribution in [0, 0.1) is 17.8 Å². The summed E-state index contributed by atoms with van der Waals surface area (Å²) in [5.41, 5.74) is -0.442. The molecular weight excluding hydrogens is 519 g/mol. The van der Waals surface area contributed by atoms with Crippen LogP contribution in [-0.2, 0) is 17.4 Å². The number of alkyl halides is 5. The van der Waals surface area contributed by atoms with E-state index in [0.717, 1.165) is 23.9 Å². The first-order chi connectivity index (χ1) is 17.9. The Morgan fingerprint density at radius 2 is 1.82 bits per heavy atom. The molecule has 0 bridgehead atoms. The van der Waals surface area contributed by atoms with Crippen LogP contribution in [0.3, 0.4) is 0 Å². The fourth-order valence-corrected chi connectivity index (χ4v) is 5.13. The van der Waals surface area contributed by atoms with Crippen LogP contribution >= 0.6 is 0 Å². The lowest BCUT2D eigenvalue weighted by Crippen LogP contribution is -2.58. The number of hydrogen-bond acceptors (Lipinski definition) is 5. The molecule has 1 saturated heterocycles. The van der Waals surface area contributed by atoms with Crippen LogP contribution in [0.15, 0.2) is 30.5 Å². The molecule has 2 aliphatic rings. The van der Waals surface area contributed by atoms with Crippen LogP contribution in [0.25, 0.3) is 0 Å². The monoisotopic (exact) mass is 554 g/mol. The van der Waals surface area contributed by atoms with Gasteiger partial charge in [0, 0.05) is 29.8 Å². The summed E-state index contributed by atoms with van der Waals surface area (Å²) >= 11 is 0. The van der Waals surface area contributed by atoms with E-state index < -0.39 is 36.7 Å². The zero-order chi connectivity index (χ0) is 27.7. The molecule has 1 aromatic heterocycles. The molecular formula is C28H35F5N4O2. The predicted molar refractivity (Wildman–Crippen MR) is 138 cm³/mol. The van der Waals surface area contributed by atoms with E-state index in [1.165, 1.54) is 24.3 Å². The average molecular weight is 555 g/mol. The van der Waals surface area contributed by atoms with Gasteiger partial charge in [0.15, 0.2) is 0 Å². The van der Waals surface area contributed by atoms with E-state index in [0.29, 0.717) is 24.9 Å². The Labute approximate surface area is 225 Å². The van der Waals surface area contributed by atoms with Crippen molar-refractivity contribution < 1.29 is 31.5 Å². The molecule has 0 spiro atoms. The number of carbonyl (C=O) groups is 2. The predicted octanol–water partition coefficient (Wildman–Crippen LogP) is 6.93. The van der Waals surface area contributed by atoms with Gasteiger partial charge in [-0.25, -0.2) is 18.7 Å². The highest BCUT2D eigenvalue weighted by Crippen LogP contribution is 2.39. The Morgan fingerprint density at radius 1 is 1.15 bits per heavy atom. The summed E-state index contributed by atoms with van der Waals surface area (Å²) in [5, 5.41) is 2.85. The van der Waals surface area contributed by atoms with Crippen molar-refractivity contribution in [2.45, 2.75) is 71.9 Å². The van der Waals surface area contributed by atoms with Crippen LogP contribution in [0.5, 0.6) is 0 Å². The third-order valence-electron chi connectivity index (χ3n) is 7.47. The summed E-state index contributed by atoms with van der Waals surface area (Å²) in [6, 6.07) is 5.90. The zero-order valence-corrected chi connectivity index (χ0v) is 21.3. The second kappa shape index (κ2) is 12.0. The van der Waals surface area contributed by atoms with E-state index >= 15 is 0 Å². The molecule has 0 radical (unpaired) electrons. The van der Waals surface area contributed by atoms with Crippen LogP contribution < -0.4 is 5.32 Å². The highest BCUT2D eigenvalue weighted by Gasteiger charge is 2.46. The Balaban J connectivity index is 0.00000420. The minimum atomic E-state index is -4.64. The fourth-order valence-electron chi connectivity index (χ4n) is 5.13.